The third-order valence-electron chi connectivity index (χ3n) is 2.33. The molecule has 0 aromatic carbocycles. The second kappa shape index (κ2) is 7.15. The average molecular weight is 301 g/mol. The zero-order valence-electron chi connectivity index (χ0n) is 11.8. The molecule has 0 radical (unpaired) electrons. The predicted octanol–water partition coefficient (Wildman–Crippen LogP) is -0.470. The summed E-state index contributed by atoms with van der Waals surface area (Å²) in [5.74, 6) is 0.131. The first-order chi connectivity index (χ1) is 9.35. The average Bonchev–Trinajstić information content (AvgIpc) is 2.38. The molecule has 0 saturated carbocycles. The van der Waals surface area contributed by atoms with Gasteiger partial charge in [-0.05, 0) is 12.1 Å². The molecule has 1 aromatic rings. The molecule has 9 heteroatoms. The standard InChI is InChI=1S/C11H19N5O3S/c1-4-13-20(18,19)8-7-12-10-6-5-9(14-15-10)11(17)16(2)3/h5-6,13H,4,7-8H2,1-3H3,(H,12,15). The number of rotatable bonds is 7. The van der Waals surface area contributed by atoms with E-state index < -0.39 is 10.0 Å². The molecular weight excluding hydrogens is 282 g/mol. The van der Waals surface area contributed by atoms with E-state index >= 15 is 0 Å². The van der Waals surface area contributed by atoms with Crippen molar-refractivity contribution < 1.29 is 13.2 Å². The Morgan fingerprint density at radius 2 is 2.00 bits per heavy atom. The summed E-state index contributed by atoms with van der Waals surface area (Å²) in [5, 5.41) is 10.4. The van der Waals surface area contributed by atoms with Crippen molar-refractivity contribution in [2.75, 3.05) is 38.3 Å². The molecule has 0 fully saturated rings. The molecule has 1 rings (SSSR count). The van der Waals surface area contributed by atoms with Crippen LogP contribution in [0.3, 0.4) is 0 Å². The molecule has 0 atom stereocenters. The number of sulfonamides is 1. The second-order valence-electron chi connectivity index (χ2n) is 4.25. The van der Waals surface area contributed by atoms with E-state index in [0.717, 1.165) is 0 Å². The van der Waals surface area contributed by atoms with E-state index in [9.17, 15) is 13.2 Å². The van der Waals surface area contributed by atoms with E-state index in [1.807, 2.05) is 0 Å². The number of nitrogens with zero attached hydrogens (tertiary/aromatic N) is 3. The fraction of sp³-hybridized carbons (Fsp3) is 0.545. The minimum absolute atomic E-state index is 0.0547. The van der Waals surface area contributed by atoms with Crippen molar-refractivity contribution in [2.24, 2.45) is 0 Å². The molecule has 8 nitrogen and oxygen atoms in total. The van der Waals surface area contributed by atoms with Crippen molar-refractivity contribution >= 4 is 21.7 Å². The molecule has 1 amide bonds. The van der Waals surface area contributed by atoms with E-state index in [2.05, 4.69) is 20.2 Å². The Kier molecular flexibility index (Phi) is 5.83. The molecule has 112 valence electrons. The molecule has 0 saturated heterocycles. The molecule has 0 spiro atoms. The fourth-order valence-electron chi connectivity index (χ4n) is 1.38. The molecule has 0 bridgehead atoms. The SMILES string of the molecule is CCNS(=O)(=O)CCNc1ccc(C(=O)N(C)C)nn1. The quantitative estimate of drug-likeness (QED) is 0.705. The molecule has 0 aliphatic carbocycles. The molecule has 1 heterocycles. The van der Waals surface area contributed by atoms with Gasteiger partial charge in [0.05, 0.1) is 5.75 Å². The van der Waals surface area contributed by atoms with Crippen LogP contribution >= 0.6 is 0 Å². The van der Waals surface area contributed by atoms with Gasteiger partial charge >= 0.3 is 0 Å². The Labute approximate surface area is 118 Å². The van der Waals surface area contributed by atoms with Crippen molar-refractivity contribution in [3.8, 4) is 0 Å². The van der Waals surface area contributed by atoms with Crippen LogP contribution in [0.25, 0.3) is 0 Å². The molecule has 0 aliphatic heterocycles. The van der Waals surface area contributed by atoms with Crippen LogP contribution in [-0.2, 0) is 10.0 Å². The zero-order valence-corrected chi connectivity index (χ0v) is 12.6. The summed E-state index contributed by atoms with van der Waals surface area (Å²) in [4.78, 5) is 13.0. The normalized spacial score (nSPS) is 11.2. The molecule has 1 aromatic heterocycles. The van der Waals surface area contributed by atoms with Crippen LogP contribution in [0, 0.1) is 0 Å². The minimum atomic E-state index is -3.26. The van der Waals surface area contributed by atoms with Crippen LogP contribution in [0.15, 0.2) is 12.1 Å². The Balaban J connectivity index is 2.53. The first kappa shape index (κ1) is 16.3. The monoisotopic (exact) mass is 301 g/mol. The Morgan fingerprint density at radius 1 is 1.30 bits per heavy atom. The smallest absolute Gasteiger partial charge is 0.273 e. The highest BCUT2D eigenvalue weighted by molar-refractivity contribution is 7.89. The molecule has 0 unspecified atom stereocenters. The topological polar surface area (TPSA) is 104 Å². The number of carbonyl (C=O) groups is 1. The van der Waals surface area contributed by atoms with Gasteiger partial charge in [0.1, 0.15) is 5.82 Å². The van der Waals surface area contributed by atoms with E-state index in [-0.39, 0.29) is 23.9 Å². The summed E-state index contributed by atoms with van der Waals surface area (Å²) in [6, 6.07) is 3.13. The highest BCUT2D eigenvalue weighted by atomic mass is 32.2. The van der Waals surface area contributed by atoms with Crippen LogP contribution in [0.5, 0.6) is 0 Å². The van der Waals surface area contributed by atoms with Crippen molar-refractivity contribution in [1.82, 2.24) is 19.8 Å². The summed E-state index contributed by atoms with van der Waals surface area (Å²) in [6.45, 7) is 2.30. The van der Waals surface area contributed by atoms with Gasteiger partial charge in [0.15, 0.2) is 5.69 Å². The van der Waals surface area contributed by atoms with Crippen molar-refractivity contribution in [1.29, 1.82) is 0 Å². The van der Waals surface area contributed by atoms with Gasteiger partial charge in [0, 0.05) is 27.2 Å². The van der Waals surface area contributed by atoms with E-state index in [1.165, 1.54) is 11.0 Å². The van der Waals surface area contributed by atoms with E-state index in [4.69, 9.17) is 0 Å². The second-order valence-corrected chi connectivity index (χ2v) is 6.17. The lowest BCUT2D eigenvalue weighted by Crippen LogP contribution is -2.29. The van der Waals surface area contributed by atoms with Crippen molar-refractivity contribution in [3.63, 3.8) is 0 Å². The lowest BCUT2D eigenvalue weighted by atomic mass is 10.3. The maximum absolute atomic E-state index is 11.6. The zero-order chi connectivity index (χ0) is 15.2. The van der Waals surface area contributed by atoms with Gasteiger partial charge in [-0.2, -0.15) is 0 Å². The van der Waals surface area contributed by atoms with Gasteiger partial charge in [0.2, 0.25) is 10.0 Å². The van der Waals surface area contributed by atoms with E-state index in [0.29, 0.717) is 12.4 Å². The van der Waals surface area contributed by atoms with Crippen molar-refractivity contribution in [3.05, 3.63) is 17.8 Å². The maximum atomic E-state index is 11.6. The number of carbonyl (C=O) groups excluding carboxylic acids is 1. The first-order valence-electron chi connectivity index (χ1n) is 6.12. The van der Waals surface area contributed by atoms with Gasteiger partial charge in [-0.25, -0.2) is 13.1 Å². The third-order valence-corrected chi connectivity index (χ3v) is 3.80. The van der Waals surface area contributed by atoms with Crippen LogP contribution in [-0.4, -0.2) is 62.4 Å². The van der Waals surface area contributed by atoms with Crippen LogP contribution in [0.1, 0.15) is 17.4 Å². The summed E-state index contributed by atoms with van der Waals surface area (Å²) in [5.41, 5.74) is 0.237. The lowest BCUT2D eigenvalue weighted by molar-refractivity contribution is 0.0821. The summed E-state index contributed by atoms with van der Waals surface area (Å²) in [6.07, 6.45) is 0. The first-order valence-corrected chi connectivity index (χ1v) is 7.77. The fourth-order valence-corrected chi connectivity index (χ4v) is 2.33. The van der Waals surface area contributed by atoms with Crippen molar-refractivity contribution in [2.45, 2.75) is 6.92 Å². The molecule has 20 heavy (non-hydrogen) atoms. The third kappa shape index (κ3) is 5.10. The highest BCUT2D eigenvalue weighted by Crippen LogP contribution is 2.03. The van der Waals surface area contributed by atoms with Crippen LogP contribution < -0.4 is 10.0 Å². The van der Waals surface area contributed by atoms with Gasteiger partial charge in [-0.1, -0.05) is 6.92 Å². The number of nitrogens with one attached hydrogen (secondary N) is 2. The Bertz CT molecular complexity index is 542. The largest absolute Gasteiger partial charge is 0.368 e. The lowest BCUT2D eigenvalue weighted by Gasteiger charge is -2.09. The maximum Gasteiger partial charge on any atom is 0.273 e. The molecule has 0 aliphatic rings. The minimum Gasteiger partial charge on any atom is -0.368 e. The number of anilines is 1. The van der Waals surface area contributed by atoms with E-state index in [1.54, 1.807) is 27.1 Å². The summed E-state index contributed by atoms with van der Waals surface area (Å²) < 4.78 is 25.2. The summed E-state index contributed by atoms with van der Waals surface area (Å²) >= 11 is 0. The van der Waals surface area contributed by atoms with Crippen LogP contribution in [0.4, 0.5) is 5.82 Å². The number of aromatic nitrogens is 2. The Morgan fingerprint density at radius 3 is 2.50 bits per heavy atom. The van der Waals surface area contributed by atoms with Gasteiger partial charge in [-0.3, -0.25) is 4.79 Å². The van der Waals surface area contributed by atoms with Gasteiger partial charge in [0.25, 0.3) is 5.91 Å². The molecule has 2 N–H and O–H groups in total. The Hall–Kier alpha value is -1.74. The van der Waals surface area contributed by atoms with Crippen LogP contribution in [0.2, 0.25) is 0 Å². The number of hydrogen-bond acceptors (Lipinski definition) is 6. The number of amides is 1. The molecular formula is C11H19N5O3S. The predicted molar refractivity (Wildman–Crippen MR) is 76.0 cm³/mol. The summed E-state index contributed by atoms with van der Waals surface area (Å²) in [7, 11) is -0.00260. The van der Waals surface area contributed by atoms with Gasteiger partial charge in [-0.15, -0.1) is 10.2 Å². The number of hydrogen-bond donors (Lipinski definition) is 2. The highest BCUT2D eigenvalue weighted by Gasteiger charge is 2.11. The van der Waals surface area contributed by atoms with Gasteiger partial charge < -0.3 is 10.2 Å².